The topological polar surface area (TPSA) is 7.76 Å². The molecule has 5 aromatic rings. The van der Waals surface area contributed by atoms with Crippen LogP contribution in [0, 0.1) is 6.92 Å². The minimum Gasteiger partial charge on any atom is -0.198 e. The third-order valence-corrected chi connectivity index (χ3v) is 16.9. The lowest BCUT2D eigenvalue weighted by Gasteiger charge is -2.48. The number of aryl methyl sites for hydroxylation is 3. The van der Waals surface area contributed by atoms with Gasteiger partial charge in [-0.15, -0.1) is 0 Å². The fourth-order valence-corrected chi connectivity index (χ4v) is 12.4. The maximum atomic E-state index is 2.71. The summed E-state index contributed by atoms with van der Waals surface area (Å²) < 4.78 is 5.39. The van der Waals surface area contributed by atoms with E-state index in [-0.39, 0.29) is 32.6 Å². The summed E-state index contributed by atoms with van der Waals surface area (Å²) >= 11 is 0. The van der Waals surface area contributed by atoms with Crippen molar-refractivity contribution in [3.8, 4) is 22.5 Å². The molecule has 59 heavy (non-hydrogen) atoms. The summed E-state index contributed by atoms with van der Waals surface area (Å²) in [5, 5.41) is 2.80. The third kappa shape index (κ3) is 6.64. The van der Waals surface area contributed by atoms with Gasteiger partial charge in [-0.2, -0.15) is 9.13 Å². The zero-order valence-electron chi connectivity index (χ0n) is 39.4. The molecule has 8 rings (SSSR count). The molecule has 1 aliphatic heterocycles. The Morgan fingerprint density at radius 3 is 1.83 bits per heavy atom. The monoisotopic (exact) mass is 789 g/mol. The molecule has 3 heterocycles. The van der Waals surface area contributed by atoms with Gasteiger partial charge in [0.1, 0.15) is 6.54 Å². The van der Waals surface area contributed by atoms with Gasteiger partial charge in [0.15, 0.2) is 17.9 Å². The Morgan fingerprint density at radius 2 is 1.20 bits per heavy atom. The van der Waals surface area contributed by atoms with Gasteiger partial charge in [-0.3, -0.25) is 0 Å². The fraction of sp³-hybridized carbons (Fsp3) is 0.544. The average molecular weight is 789 g/mol. The van der Waals surface area contributed by atoms with E-state index in [0.29, 0.717) is 0 Å². The summed E-state index contributed by atoms with van der Waals surface area (Å²) in [7, 11) is 0. The zero-order valence-corrected chi connectivity index (χ0v) is 39.4. The van der Waals surface area contributed by atoms with Crippen molar-refractivity contribution >= 4 is 10.8 Å². The highest BCUT2D eigenvalue weighted by atomic mass is 15.1. The fourth-order valence-electron chi connectivity index (χ4n) is 12.4. The molecule has 0 saturated heterocycles. The Kier molecular flexibility index (Phi) is 10.4. The lowest BCUT2D eigenvalue weighted by atomic mass is 9.58. The molecule has 0 radical (unpaired) electrons. The highest BCUT2D eigenvalue weighted by Crippen LogP contribution is 2.53. The largest absolute Gasteiger partial charge is 0.220 e. The molecule has 2 unspecified atom stereocenters. The molecule has 0 amide bonds. The lowest BCUT2D eigenvalue weighted by molar-refractivity contribution is -0.771. The Bertz CT molecular complexity index is 2420. The summed E-state index contributed by atoms with van der Waals surface area (Å²) in [4.78, 5) is 0. The van der Waals surface area contributed by atoms with Crippen LogP contribution in [0.4, 0.5) is 0 Å². The second kappa shape index (κ2) is 14.7. The number of benzene rings is 3. The Hall–Kier alpha value is -3.78. The van der Waals surface area contributed by atoms with Crippen molar-refractivity contribution in [2.75, 3.05) is 0 Å². The van der Waals surface area contributed by atoms with Crippen LogP contribution in [0.5, 0.6) is 0 Å². The number of rotatable bonds is 10. The summed E-state index contributed by atoms with van der Waals surface area (Å²) in [6, 6.07) is 27.3. The van der Waals surface area contributed by atoms with Crippen LogP contribution in [0.25, 0.3) is 33.3 Å². The second-order valence-electron chi connectivity index (χ2n) is 22.2. The van der Waals surface area contributed by atoms with Crippen molar-refractivity contribution in [2.24, 2.45) is 0 Å². The smallest absolute Gasteiger partial charge is 0.198 e. The van der Waals surface area contributed by atoms with E-state index in [2.05, 4.69) is 178 Å². The van der Waals surface area contributed by atoms with E-state index in [1.54, 1.807) is 27.8 Å². The van der Waals surface area contributed by atoms with Gasteiger partial charge in [-0.05, 0) is 155 Å². The number of fused-ring (bicyclic) bond motifs is 6. The van der Waals surface area contributed by atoms with Gasteiger partial charge in [-0.1, -0.05) is 101 Å². The van der Waals surface area contributed by atoms with Gasteiger partial charge in [0, 0.05) is 37.5 Å². The van der Waals surface area contributed by atoms with Gasteiger partial charge >= 0.3 is 0 Å². The van der Waals surface area contributed by atoms with Crippen LogP contribution in [0.1, 0.15) is 186 Å². The first-order valence-corrected chi connectivity index (χ1v) is 23.7. The van der Waals surface area contributed by atoms with Crippen molar-refractivity contribution in [1.82, 2.24) is 0 Å². The van der Waals surface area contributed by atoms with Gasteiger partial charge in [0.2, 0.25) is 11.4 Å². The molecular formula is C57H76N2+2. The standard InChI is InChI=1S/C57H76N2/c1-14-17-21-40-23-24-42-45(35-40)56(13,15-2)57(16-3,59-32-19-18-22-50(42)59)26-20-31-58-33-25-41-36-47-49(55(11,12)30-28-53(47,7)8)38-44(41)51(58)43-37-48-46(34-39(43)4)52(5,6)27-29-54(48,9)10/h18-19,22-25,32-38H,14-17,20-21,26-31H2,1-13H3/q+2. The SMILES string of the molecule is CCCCc1ccc2c(c1)C(C)(CC)C(CC)(CCC[n+]1ccc3cc4c(cc3c1-c1cc3c(cc1C)C(C)(C)CCC3(C)C)C(C)(C)CCC4(C)C)[n+]1ccccc1-2. The van der Waals surface area contributed by atoms with E-state index in [9.17, 15) is 0 Å². The number of nitrogens with zero attached hydrogens (tertiary/aromatic N) is 2. The van der Waals surface area contributed by atoms with Gasteiger partial charge < -0.3 is 0 Å². The lowest BCUT2D eigenvalue weighted by Crippen LogP contribution is -2.69. The van der Waals surface area contributed by atoms with Gasteiger partial charge in [-0.25, -0.2) is 0 Å². The van der Waals surface area contributed by atoms with E-state index in [1.165, 1.54) is 82.9 Å². The number of unbranched alkanes of at least 4 members (excludes halogenated alkanes) is 1. The molecule has 0 spiro atoms. The predicted octanol–water partition coefficient (Wildman–Crippen LogP) is 14.4. The third-order valence-electron chi connectivity index (χ3n) is 16.9. The molecule has 0 N–H and O–H groups in total. The molecule has 2 heteroatoms. The van der Waals surface area contributed by atoms with E-state index in [0.717, 1.165) is 38.6 Å². The van der Waals surface area contributed by atoms with Crippen LogP contribution in [-0.4, -0.2) is 0 Å². The molecule has 3 aromatic carbocycles. The predicted molar refractivity (Wildman–Crippen MR) is 251 cm³/mol. The maximum absolute atomic E-state index is 2.71. The van der Waals surface area contributed by atoms with E-state index in [4.69, 9.17) is 0 Å². The first kappa shape index (κ1) is 41.9. The zero-order chi connectivity index (χ0) is 42.3. The first-order valence-electron chi connectivity index (χ1n) is 23.7. The van der Waals surface area contributed by atoms with E-state index in [1.807, 2.05) is 0 Å². The number of hydrogen-bond donors (Lipinski definition) is 0. The van der Waals surface area contributed by atoms with Crippen LogP contribution in [0.2, 0.25) is 0 Å². The molecule has 312 valence electrons. The summed E-state index contributed by atoms with van der Waals surface area (Å²) in [6.07, 6.45) is 17.8. The van der Waals surface area contributed by atoms with Crippen molar-refractivity contribution < 1.29 is 9.13 Å². The second-order valence-corrected chi connectivity index (χ2v) is 22.2. The van der Waals surface area contributed by atoms with Crippen molar-refractivity contribution in [3.63, 3.8) is 0 Å². The molecule has 2 aliphatic carbocycles. The average Bonchev–Trinajstić information content (AvgIpc) is 3.21. The quantitative estimate of drug-likeness (QED) is 0.125. The molecule has 2 nitrogen and oxygen atoms in total. The maximum Gasteiger partial charge on any atom is 0.220 e. The Balaban J connectivity index is 1.29. The van der Waals surface area contributed by atoms with Crippen molar-refractivity contribution in [3.05, 3.63) is 118 Å². The highest BCUT2D eigenvalue weighted by Gasteiger charge is 2.59. The highest BCUT2D eigenvalue weighted by molar-refractivity contribution is 5.95. The van der Waals surface area contributed by atoms with Crippen molar-refractivity contribution in [1.29, 1.82) is 0 Å². The summed E-state index contributed by atoms with van der Waals surface area (Å²) in [6.45, 7) is 33.0. The molecular weight excluding hydrogens is 713 g/mol. The number of pyridine rings is 2. The molecule has 0 saturated carbocycles. The van der Waals surface area contributed by atoms with Crippen LogP contribution in [-0.2, 0) is 45.6 Å². The normalized spacial score (nSPS) is 23.3. The van der Waals surface area contributed by atoms with Gasteiger partial charge in [0.25, 0.3) is 0 Å². The van der Waals surface area contributed by atoms with Crippen LogP contribution in [0.15, 0.2) is 79.1 Å². The Morgan fingerprint density at radius 1 is 0.576 bits per heavy atom. The number of hydrogen-bond acceptors (Lipinski definition) is 0. The molecule has 2 atom stereocenters. The van der Waals surface area contributed by atoms with E-state index >= 15 is 0 Å². The first-order chi connectivity index (χ1) is 27.8. The minimum atomic E-state index is -0.0433. The van der Waals surface area contributed by atoms with Crippen LogP contribution < -0.4 is 9.13 Å². The van der Waals surface area contributed by atoms with Crippen LogP contribution >= 0.6 is 0 Å². The summed E-state index contributed by atoms with van der Waals surface area (Å²) in [5.41, 5.74) is 16.9. The van der Waals surface area contributed by atoms with Crippen LogP contribution in [0.3, 0.4) is 0 Å². The molecule has 0 fully saturated rings. The Labute approximate surface area is 358 Å². The summed E-state index contributed by atoms with van der Waals surface area (Å²) in [5.74, 6) is 0. The number of aromatic nitrogens is 2. The molecule has 2 aromatic heterocycles. The van der Waals surface area contributed by atoms with Crippen molar-refractivity contribution in [2.45, 2.75) is 200 Å². The van der Waals surface area contributed by atoms with Gasteiger partial charge in [0.05, 0.1) is 21.9 Å². The molecule has 0 bridgehead atoms. The van der Waals surface area contributed by atoms with E-state index < -0.39 is 0 Å². The molecule has 3 aliphatic rings. The minimum absolute atomic E-state index is 0.000125.